The summed E-state index contributed by atoms with van der Waals surface area (Å²) in [6.07, 6.45) is 3.13. The Bertz CT molecular complexity index is 1440. The van der Waals surface area contributed by atoms with E-state index < -0.39 is 0 Å². The summed E-state index contributed by atoms with van der Waals surface area (Å²) in [6.45, 7) is 3.30. The van der Waals surface area contributed by atoms with Gasteiger partial charge in [0.2, 0.25) is 0 Å². The zero-order valence-electron chi connectivity index (χ0n) is 17.4. The number of aromatic amines is 1. The molecule has 7 nitrogen and oxygen atoms in total. The smallest absolute Gasteiger partial charge is 0.165 e. The van der Waals surface area contributed by atoms with Crippen molar-refractivity contribution in [1.29, 1.82) is 0 Å². The number of nitrogens with zero attached hydrogens (tertiary/aromatic N) is 4. The van der Waals surface area contributed by atoms with Crippen LogP contribution in [0.25, 0.3) is 22.1 Å². The maximum atomic E-state index is 14.2. The molecular formula is C23H21ClFN7. The molecule has 0 unspecified atom stereocenters. The van der Waals surface area contributed by atoms with Crippen molar-refractivity contribution in [3.63, 3.8) is 0 Å². The number of aryl methyl sites for hydroxylation is 1. The van der Waals surface area contributed by atoms with Crippen molar-refractivity contribution in [3.8, 4) is 0 Å². The number of aromatic nitrogens is 5. The molecule has 162 valence electrons. The lowest BCUT2D eigenvalue weighted by atomic mass is 10.1. The van der Waals surface area contributed by atoms with Crippen LogP contribution in [0.4, 0.5) is 10.2 Å². The first-order valence-corrected chi connectivity index (χ1v) is 10.5. The van der Waals surface area contributed by atoms with E-state index in [1.165, 1.54) is 6.33 Å². The molecule has 2 aromatic carbocycles. The van der Waals surface area contributed by atoms with Crippen molar-refractivity contribution in [2.24, 2.45) is 0 Å². The summed E-state index contributed by atoms with van der Waals surface area (Å²) < 4.78 is 16.1. The number of hydrogen-bond donors (Lipinski definition) is 3. The molecule has 0 aliphatic heterocycles. The van der Waals surface area contributed by atoms with Gasteiger partial charge in [-0.05, 0) is 36.2 Å². The summed E-state index contributed by atoms with van der Waals surface area (Å²) in [4.78, 5) is 16.1. The van der Waals surface area contributed by atoms with Crippen molar-refractivity contribution in [2.45, 2.75) is 26.6 Å². The number of imidazole rings is 1. The topological polar surface area (TPSA) is 97.4 Å². The molecule has 5 rings (SSSR count). The predicted molar refractivity (Wildman–Crippen MR) is 124 cm³/mol. The van der Waals surface area contributed by atoms with E-state index in [1.54, 1.807) is 25.4 Å². The molecule has 5 aromatic rings. The number of nitrogens with one attached hydrogen (secondary N) is 2. The van der Waals surface area contributed by atoms with Crippen LogP contribution in [-0.4, -0.2) is 24.5 Å². The molecule has 0 aliphatic rings. The fraction of sp³-hybridized carbons (Fsp3) is 0.174. The van der Waals surface area contributed by atoms with E-state index in [9.17, 15) is 4.39 Å². The third-order valence-corrected chi connectivity index (χ3v) is 5.72. The molecule has 32 heavy (non-hydrogen) atoms. The molecule has 0 amide bonds. The number of nitrogen functional groups attached to an aromatic ring is 1. The van der Waals surface area contributed by atoms with Crippen molar-refractivity contribution >= 4 is 39.5 Å². The minimum Gasteiger partial charge on any atom is -0.382 e. The summed E-state index contributed by atoms with van der Waals surface area (Å²) in [5.74, 6) is 0.186. The van der Waals surface area contributed by atoms with Crippen molar-refractivity contribution in [1.82, 2.24) is 29.8 Å². The number of benzene rings is 2. The summed E-state index contributed by atoms with van der Waals surface area (Å²) in [5, 5.41) is 4.96. The summed E-state index contributed by atoms with van der Waals surface area (Å²) >= 11 is 6.39. The fourth-order valence-electron chi connectivity index (χ4n) is 3.93. The summed E-state index contributed by atoms with van der Waals surface area (Å²) in [7, 11) is 0. The number of fused-ring (bicyclic) bond motifs is 2. The highest BCUT2D eigenvalue weighted by molar-refractivity contribution is 6.31. The van der Waals surface area contributed by atoms with Crippen LogP contribution >= 0.6 is 11.6 Å². The fourth-order valence-corrected chi connectivity index (χ4v) is 4.18. The van der Waals surface area contributed by atoms with Crippen molar-refractivity contribution < 1.29 is 4.39 Å². The van der Waals surface area contributed by atoms with E-state index in [4.69, 9.17) is 17.3 Å². The second-order valence-electron chi connectivity index (χ2n) is 7.78. The summed E-state index contributed by atoms with van der Waals surface area (Å²) in [5.41, 5.74) is 11.4. The predicted octanol–water partition coefficient (Wildman–Crippen LogP) is 4.33. The van der Waals surface area contributed by atoms with Gasteiger partial charge in [-0.3, -0.25) is 0 Å². The van der Waals surface area contributed by atoms with Crippen LogP contribution in [0.3, 0.4) is 0 Å². The Balaban J connectivity index is 1.40. The van der Waals surface area contributed by atoms with Crippen LogP contribution < -0.4 is 11.1 Å². The summed E-state index contributed by atoms with van der Waals surface area (Å²) in [6, 6.07) is 11.3. The number of hydrogen-bond acceptors (Lipinski definition) is 5. The Hall–Kier alpha value is -3.49. The Morgan fingerprint density at radius 1 is 1.12 bits per heavy atom. The average Bonchev–Trinajstić information content (AvgIpc) is 3.36. The molecule has 0 spiro atoms. The highest BCUT2D eigenvalue weighted by Crippen LogP contribution is 2.26. The van der Waals surface area contributed by atoms with Crippen LogP contribution in [0.2, 0.25) is 5.02 Å². The van der Waals surface area contributed by atoms with E-state index in [1.807, 2.05) is 22.8 Å². The number of nitrogens with two attached hydrogens (primary N) is 1. The molecule has 0 atom stereocenters. The molecule has 0 aliphatic carbocycles. The SMILES string of the molecule is Cc1cccc(CNCc2cc3cc(Cl)cc(Cn4cnc5c(N)ncnc54)c3[nH]2)c1F. The number of anilines is 1. The van der Waals surface area contributed by atoms with Crippen LogP contribution in [0, 0.1) is 12.7 Å². The molecule has 0 radical (unpaired) electrons. The Morgan fingerprint density at radius 2 is 2.00 bits per heavy atom. The highest BCUT2D eigenvalue weighted by Gasteiger charge is 2.13. The Morgan fingerprint density at radius 3 is 2.88 bits per heavy atom. The van der Waals surface area contributed by atoms with E-state index in [0.29, 0.717) is 52.8 Å². The van der Waals surface area contributed by atoms with E-state index in [2.05, 4.69) is 31.3 Å². The van der Waals surface area contributed by atoms with Gasteiger partial charge in [-0.2, -0.15) is 0 Å². The quantitative estimate of drug-likeness (QED) is 0.358. The standard InChI is InChI=1S/C23H21ClFN7/c1-13-3-2-4-14(19(13)25)8-27-9-18-7-15-5-17(24)6-16(20(15)31-18)10-32-12-30-21-22(26)28-11-29-23(21)32/h2-7,11-12,27,31H,8-10H2,1H3,(H2,26,28,29). The molecular weight excluding hydrogens is 429 g/mol. The minimum atomic E-state index is -0.164. The van der Waals surface area contributed by atoms with Crippen molar-refractivity contribution in [2.75, 3.05) is 5.73 Å². The maximum Gasteiger partial charge on any atom is 0.165 e. The lowest BCUT2D eigenvalue weighted by Gasteiger charge is -2.07. The zero-order valence-corrected chi connectivity index (χ0v) is 18.1. The first-order valence-electron chi connectivity index (χ1n) is 10.2. The number of rotatable bonds is 6. The van der Waals surface area contributed by atoms with Crippen LogP contribution in [-0.2, 0) is 19.6 Å². The van der Waals surface area contributed by atoms with Gasteiger partial charge >= 0.3 is 0 Å². The lowest BCUT2D eigenvalue weighted by molar-refractivity contribution is 0.579. The third kappa shape index (κ3) is 3.79. The van der Waals surface area contributed by atoms with E-state index >= 15 is 0 Å². The van der Waals surface area contributed by atoms with E-state index in [0.717, 1.165) is 22.2 Å². The molecule has 3 aromatic heterocycles. The number of halogens is 2. The first kappa shape index (κ1) is 20.4. The van der Waals surface area contributed by atoms with Gasteiger partial charge in [-0.25, -0.2) is 19.3 Å². The highest BCUT2D eigenvalue weighted by atomic mass is 35.5. The molecule has 4 N–H and O–H groups in total. The van der Waals surface area contributed by atoms with Gasteiger partial charge in [-0.15, -0.1) is 0 Å². The third-order valence-electron chi connectivity index (χ3n) is 5.50. The van der Waals surface area contributed by atoms with Gasteiger partial charge in [-0.1, -0.05) is 29.8 Å². The van der Waals surface area contributed by atoms with Gasteiger partial charge in [0.25, 0.3) is 0 Å². The van der Waals surface area contributed by atoms with Crippen LogP contribution in [0.5, 0.6) is 0 Å². The molecule has 0 saturated heterocycles. The number of H-pyrrole nitrogens is 1. The molecule has 0 saturated carbocycles. The van der Waals surface area contributed by atoms with E-state index in [-0.39, 0.29) is 5.82 Å². The first-order chi connectivity index (χ1) is 15.5. The molecule has 0 bridgehead atoms. The average molecular weight is 450 g/mol. The minimum absolute atomic E-state index is 0.164. The second kappa shape index (κ2) is 8.22. The monoisotopic (exact) mass is 449 g/mol. The Labute approximate surface area is 188 Å². The largest absolute Gasteiger partial charge is 0.382 e. The van der Waals surface area contributed by atoms with Gasteiger partial charge in [0, 0.05) is 34.8 Å². The van der Waals surface area contributed by atoms with Gasteiger partial charge in [0.15, 0.2) is 11.5 Å². The zero-order chi connectivity index (χ0) is 22.2. The van der Waals surface area contributed by atoms with Gasteiger partial charge < -0.3 is 20.6 Å². The second-order valence-corrected chi connectivity index (χ2v) is 8.22. The normalized spacial score (nSPS) is 11.6. The molecule has 3 heterocycles. The maximum absolute atomic E-state index is 14.2. The Kier molecular flexibility index (Phi) is 5.24. The molecule has 9 heteroatoms. The lowest BCUT2D eigenvalue weighted by Crippen LogP contribution is -2.14. The van der Waals surface area contributed by atoms with Gasteiger partial charge in [0.1, 0.15) is 17.7 Å². The van der Waals surface area contributed by atoms with Crippen LogP contribution in [0.1, 0.15) is 22.4 Å². The van der Waals surface area contributed by atoms with Crippen molar-refractivity contribution in [3.05, 3.63) is 82.3 Å². The molecule has 0 fully saturated rings. The van der Waals surface area contributed by atoms with Gasteiger partial charge in [0.05, 0.1) is 18.4 Å². The van der Waals surface area contributed by atoms with Crippen LogP contribution in [0.15, 0.2) is 49.1 Å².